The summed E-state index contributed by atoms with van der Waals surface area (Å²) in [6.07, 6.45) is -0.689. The average molecular weight is 307 g/mol. The standard InChI is InChI=1S/C14H17N3O5/c1-22-14(21)10-7-15-17-12(10)16-11(18)6-8-4-2-3-5-9(8)13(19)20/h2-5,10,12,15,17H,6-7H2,1H3,(H,16,18)(H,19,20). The zero-order chi connectivity index (χ0) is 16.1. The molecule has 22 heavy (non-hydrogen) atoms. The number of ether oxygens (including phenoxy) is 1. The van der Waals surface area contributed by atoms with Crippen molar-refractivity contribution in [2.45, 2.75) is 12.6 Å². The summed E-state index contributed by atoms with van der Waals surface area (Å²) in [7, 11) is 1.28. The van der Waals surface area contributed by atoms with Crippen LogP contribution >= 0.6 is 0 Å². The third-order valence-electron chi connectivity index (χ3n) is 3.40. The number of carbonyl (C=O) groups excluding carboxylic acids is 2. The van der Waals surface area contributed by atoms with Crippen molar-refractivity contribution in [2.24, 2.45) is 5.92 Å². The maximum Gasteiger partial charge on any atom is 0.335 e. The highest BCUT2D eigenvalue weighted by Gasteiger charge is 2.34. The molecule has 118 valence electrons. The highest BCUT2D eigenvalue weighted by atomic mass is 16.5. The summed E-state index contributed by atoms with van der Waals surface area (Å²) in [6, 6.07) is 6.29. The molecule has 4 N–H and O–H groups in total. The van der Waals surface area contributed by atoms with Gasteiger partial charge in [-0.3, -0.25) is 15.0 Å². The minimum atomic E-state index is -1.09. The summed E-state index contributed by atoms with van der Waals surface area (Å²) in [5, 5.41) is 11.7. The molecule has 0 spiro atoms. The number of rotatable bonds is 5. The van der Waals surface area contributed by atoms with Gasteiger partial charge >= 0.3 is 11.9 Å². The van der Waals surface area contributed by atoms with Crippen LogP contribution in [0.4, 0.5) is 0 Å². The van der Waals surface area contributed by atoms with Crippen LogP contribution in [-0.2, 0) is 20.7 Å². The van der Waals surface area contributed by atoms with Gasteiger partial charge in [-0.2, -0.15) is 0 Å². The molecular weight excluding hydrogens is 290 g/mol. The second-order valence-corrected chi connectivity index (χ2v) is 4.84. The van der Waals surface area contributed by atoms with Gasteiger partial charge in [0, 0.05) is 6.54 Å². The molecule has 0 saturated carbocycles. The molecule has 1 fully saturated rings. The first-order valence-corrected chi connectivity index (χ1v) is 6.69. The molecular formula is C14H17N3O5. The Morgan fingerprint density at radius 1 is 1.36 bits per heavy atom. The Morgan fingerprint density at radius 3 is 2.77 bits per heavy atom. The van der Waals surface area contributed by atoms with Gasteiger partial charge in [-0.05, 0) is 11.6 Å². The van der Waals surface area contributed by atoms with E-state index in [2.05, 4.69) is 20.9 Å². The van der Waals surface area contributed by atoms with Crippen molar-refractivity contribution in [1.29, 1.82) is 0 Å². The molecule has 2 atom stereocenters. The van der Waals surface area contributed by atoms with Crippen LogP contribution in [0.15, 0.2) is 24.3 Å². The Labute approximate surface area is 126 Å². The summed E-state index contributed by atoms with van der Waals surface area (Å²) in [6.45, 7) is 0.337. The average Bonchev–Trinajstić information content (AvgIpc) is 2.94. The molecule has 1 heterocycles. The fourth-order valence-electron chi connectivity index (χ4n) is 2.29. The molecule has 2 unspecified atom stereocenters. The predicted octanol–water partition coefficient (Wildman–Crippen LogP) is -0.733. The van der Waals surface area contributed by atoms with Gasteiger partial charge in [0.1, 0.15) is 12.1 Å². The predicted molar refractivity (Wildman–Crippen MR) is 75.7 cm³/mol. The van der Waals surface area contributed by atoms with Crippen molar-refractivity contribution < 1.29 is 24.2 Å². The van der Waals surface area contributed by atoms with E-state index in [1.54, 1.807) is 18.2 Å². The largest absolute Gasteiger partial charge is 0.478 e. The fourth-order valence-corrected chi connectivity index (χ4v) is 2.29. The lowest BCUT2D eigenvalue weighted by Crippen LogP contribution is -2.49. The third kappa shape index (κ3) is 3.60. The Morgan fingerprint density at radius 2 is 2.09 bits per heavy atom. The highest BCUT2D eigenvalue weighted by Crippen LogP contribution is 2.11. The number of benzene rings is 1. The number of carbonyl (C=O) groups is 3. The van der Waals surface area contributed by atoms with Crippen molar-refractivity contribution in [3.05, 3.63) is 35.4 Å². The number of carboxylic acid groups (broad SMARTS) is 1. The van der Waals surface area contributed by atoms with E-state index in [0.717, 1.165) is 0 Å². The van der Waals surface area contributed by atoms with E-state index in [1.807, 2.05) is 0 Å². The molecule has 0 radical (unpaired) electrons. The van der Waals surface area contributed by atoms with Crippen molar-refractivity contribution >= 4 is 17.8 Å². The molecule has 1 amide bonds. The van der Waals surface area contributed by atoms with Crippen LogP contribution in [0.5, 0.6) is 0 Å². The monoisotopic (exact) mass is 307 g/mol. The number of nitrogens with one attached hydrogen (secondary N) is 3. The molecule has 1 aromatic carbocycles. The van der Waals surface area contributed by atoms with Gasteiger partial charge in [0.2, 0.25) is 5.91 Å². The van der Waals surface area contributed by atoms with Gasteiger partial charge in [-0.1, -0.05) is 18.2 Å². The first-order chi connectivity index (χ1) is 10.5. The summed E-state index contributed by atoms with van der Waals surface area (Å²) in [5.41, 5.74) is 6.05. The summed E-state index contributed by atoms with van der Waals surface area (Å²) in [4.78, 5) is 34.8. The Bertz CT molecular complexity index is 590. The molecule has 8 heteroatoms. The number of methoxy groups -OCH3 is 1. The quantitative estimate of drug-likeness (QED) is 0.530. The summed E-state index contributed by atoms with van der Waals surface area (Å²) < 4.78 is 4.67. The zero-order valence-corrected chi connectivity index (χ0v) is 12.0. The van der Waals surface area contributed by atoms with Gasteiger partial charge in [-0.15, -0.1) is 0 Å². The Balaban J connectivity index is 2.02. The van der Waals surface area contributed by atoms with Crippen LogP contribution < -0.4 is 16.2 Å². The van der Waals surface area contributed by atoms with Gasteiger partial charge in [0.25, 0.3) is 0 Å². The Kier molecular flexibility index (Phi) is 5.08. The lowest BCUT2D eigenvalue weighted by atomic mass is 10.0. The molecule has 1 aliphatic heterocycles. The van der Waals surface area contributed by atoms with Gasteiger partial charge < -0.3 is 15.2 Å². The van der Waals surface area contributed by atoms with Crippen LogP contribution in [0.25, 0.3) is 0 Å². The molecule has 1 aliphatic rings. The zero-order valence-electron chi connectivity index (χ0n) is 12.0. The maximum absolute atomic E-state index is 12.1. The molecule has 2 rings (SSSR count). The number of hydrazine groups is 1. The summed E-state index contributed by atoms with van der Waals surface area (Å²) >= 11 is 0. The van der Waals surface area contributed by atoms with Crippen LogP contribution in [0.1, 0.15) is 15.9 Å². The van der Waals surface area contributed by atoms with Crippen molar-refractivity contribution in [1.82, 2.24) is 16.2 Å². The molecule has 0 aromatic heterocycles. The van der Waals surface area contributed by atoms with Crippen molar-refractivity contribution in [2.75, 3.05) is 13.7 Å². The fraction of sp³-hybridized carbons (Fsp3) is 0.357. The first kappa shape index (κ1) is 15.9. The second-order valence-electron chi connectivity index (χ2n) is 4.84. The SMILES string of the molecule is COC(=O)C1CNNC1NC(=O)Cc1ccccc1C(=O)O. The number of hydrogen-bond donors (Lipinski definition) is 4. The smallest absolute Gasteiger partial charge is 0.335 e. The molecule has 1 saturated heterocycles. The van der Waals surface area contributed by atoms with Crippen LogP contribution in [0.3, 0.4) is 0 Å². The van der Waals surface area contributed by atoms with Crippen LogP contribution in [-0.4, -0.2) is 42.8 Å². The molecule has 0 bridgehead atoms. The number of esters is 1. The molecule has 0 aliphatic carbocycles. The molecule has 8 nitrogen and oxygen atoms in total. The highest BCUT2D eigenvalue weighted by molar-refractivity contribution is 5.91. The van der Waals surface area contributed by atoms with E-state index >= 15 is 0 Å². The number of amides is 1. The number of hydrogen-bond acceptors (Lipinski definition) is 6. The number of carboxylic acids is 1. The number of aromatic carboxylic acids is 1. The minimum Gasteiger partial charge on any atom is -0.478 e. The van der Waals surface area contributed by atoms with Gasteiger partial charge in [-0.25, -0.2) is 10.2 Å². The van der Waals surface area contributed by atoms with Gasteiger partial charge in [0.05, 0.1) is 19.1 Å². The van der Waals surface area contributed by atoms with E-state index in [9.17, 15) is 14.4 Å². The lowest BCUT2D eigenvalue weighted by molar-refractivity contribution is -0.145. The van der Waals surface area contributed by atoms with Crippen LogP contribution in [0, 0.1) is 5.92 Å². The maximum atomic E-state index is 12.1. The lowest BCUT2D eigenvalue weighted by Gasteiger charge is -2.18. The summed E-state index contributed by atoms with van der Waals surface area (Å²) in [5.74, 6) is -2.45. The topological polar surface area (TPSA) is 117 Å². The first-order valence-electron chi connectivity index (χ1n) is 6.69. The van der Waals surface area contributed by atoms with Crippen LogP contribution in [0.2, 0.25) is 0 Å². The van der Waals surface area contributed by atoms with Gasteiger partial charge in [0.15, 0.2) is 0 Å². The van der Waals surface area contributed by atoms with E-state index in [0.29, 0.717) is 12.1 Å². The second kappa shape index (κ2) is 7.01. The normalized spacial score (nSPS) is 20.4. The Hall–Kier alpha value is -2.45. The van der Waals surface area contributed by atoms with E-state index < -0.39 is 24.0 Å². The van der Waals surface area contributed by atoms with E-state index in [1.165, 1.54) is 13.2 Å². The third-order valence-corrected chi connectivity index (χ3v) is 3.40. The molecule has 1 aromatic rings. The van der Waals surface area contributed by atoms with Crippen molar-refractivity contribution in [3.8, 4) is 0 Å². The van der Waals surface area contributed by atoms with E-state index in [-0.39, 0.29) is 17.9 Å². The minimum absolute atomic E-state index is 0.0830. The van der Waals surface area contributed by atoms with E-state index in [4.69, 9.17) is 5.11 Å². The van der Waals surface area contributed by atoms with Crippen molar-refractivity contribution in [3.63, 3.8) is 0 Å².